The molecule has 0 bridgehead atoms. The first-order valence-electron chi connectivity index (χ1n) is 7.42. The predicted octanol–water partition coefficient (Wildman–Crippen LogP) is 2.67. The molecule has 22 heavy (non-hydrogen) atoms. The molecule has 0 saturated heterocycles. The summed E-state index contributed by atoms with van der Waals surface area (Å²) >= 11 is 0. The fraction of sp³-hybridized carbons (Fsp3) is 0.278. The number of carbonyl (C=O) groups is 1. The highest BCUT2D eigenvalue weighted by Gasteiger charge is 2.34. The molecule has 2 aromatic carbocycles. The standard InChI is InChI=1S/C18H20N2O2/c1-12(13-6-4-3-5-7-13)20-17-11-15(22-2)9-8-14(17)10-16(19)18(20)21/h3-9,11-12,16H,10,19H2,1-2H3/t12-,16+/m0/s1. The van der Waals surface area contributed by atoms with E-state index in [0.29, 0.717) is 6.42 Å². The molecule has 0 spiro atoms. The van der Waals surface area contributed by atoms with Crippen LogP contribution in [0.1, 0.15) is 24.1 Å². The third-order valence-corrected chi connectivity index (χ3v) is 4.22. The van der Waals surface area contributed by atoms with Crippen molar-refractivity contribution in [3.8, 4) is 5.75 Å². The molecule has 4 heteroatoms. The number of fused-ring (bicyclic) bond motifs is 1. The lowest BCUT2D eigenvalue weighted by atomic mass is 9.94. The van der Waals surface area contributed by atoms with Crippen molar-refractivity contribution in [2.75, 3.05) is 12.0 Å². The second-order valence-electron chi connectivity index (χ2n) is 5.60. The Morgan fingerprint density at radius 2 is 1.95 bits per heavy atom. The SMILES string of the molecule is COc1ccc2c(c1)N([C@@H](C)c1ccccc1)C(=O)[C@H](N)C2. The number of nitrogens with zero attached hydrogens (tertiary/aromatic N) is 1. The molecule has 0 aliphatic carbocycles. The molecular weight excluding hydrogens is 276 g/mol. The zero-order chi connectivity index (χ0) is 15.7. The number of hydrogen-bond acceptors (Lipinski definition) is 3. The quantitative estimate of drug-likeness (QED) is 0.947. The summed E-state index contributed by atoms with van der Waals surface area (Å²) in [6, 6.07) is 15.2. The Morgan fingerprint density at radius 3 is 2.64 bits per heavy atom. The van der Waals surface area contributed by atoms with Crippen molar-refractivity contribution in [2.24, 2.45) is 5.73 Å². The molecule has 4 nitrogen and oxygen atoms in total. The van der Waals surface area contributed by atoms with Gasteiger partial charge >= 0.3 is 0 Å². The van der Waals surface area contributed by atoms with E-state index in [1.165, 1.54) is 0 Å². The minimum absolute atomic E-state index is 0.0443. The summed E-state index contributed by atoms with van der Waals surface area (Å²) in [6.07, 6.45) is 0.566. The van der Waals surface area contributed by atoms with E-state index in [0.717, 1.165) is 22.6 Å². The molecule has 0 radical (unpaired) electrons. The number of methoxy groups -OCH3 is 1. The minimum atomic E-state index is -0.493. The number of rotatable bonds is 3. The fourth-order valence-electron chi connectivity index (χ4n) is 2.97. The average molecular weight is 296 g/mol. The van der Waals surface area contributed by atoms with Crippen molar-refractivity contribution in [1.82, 2.24) is 0 Å². The van der Waals surface area contributed by atoms with Crippen LogP contribution in [-0.2, 0) is 11.2 Å². The second-order valence-corrected chi connectivity index (χ2v) is 5.60. The lowest BCUT2D eigenvalue weighted by Gasteiger charge is -2.37. The van der Waals surface area contributed by atoms with E-state index in [1.54, 1.807) is 12.0 Å². The molecule has 0 fully saturated rings. The maximum absolute atomic E-state index is 12.7. The molecule has 0 aromatic heterocycles. The first-order chi connectivity index (χ1) is 10.6. The van der Waals surface area contributed by atoms with Gasteiger partial charge in [0.05, 0.1) is 24.9 Å². The highest BCUT2D eigenvalue weighted by atomic mass is 16.5. The van der Waals surface area contributed by atoms with Crippen LogP contribution in [-0.4, -0.2) is 19.1 Å². The number of carbonyl (C=O) groups excluding carboxylic acids is 1. The molecule has 2 aromatic rings. The number of amides is 1. The van der Waals surface area contributed by atoms with E-state index >= 15 is 0 Å². The number of hydrogen-bond donors (Lipinski definition) is 1. The zero-order valence-electron chi connectivity index (χ0n) is 12.8. The van der Waals surface area contributed by atoms with Gasteiger partial charge in [-0.1, -0.05) is 36.4 Å². The Hall–Kier alpha value is -2.33. The zero-order valence-corrected chi connectivity index (χ0v) is 12.8. The molecular formula is C18H20N2O2. The van der Waals surface area contributed by atoms with Gasteiger partial charge in [-0.05, 0) is 30.5 Å². The lowest BCUT2D eigenvalue weighted by Crippen LogP contribution is -2.49. The van der Waals surface area contributed by atoms with E-state index in [2.05, 4.69) is 0 Å². The summed E-state index contributed by atoms with van der Waals surface area (Å²) < 4.78 is 5.31. The highest BCUT2D eigenvalue weighted by Crippen LogP contribution is 2.36. The van der Waals surface area contributed by atoms with E-state index in [9.17, 15) is 4.79 Å². The van der Waals surface area contributed by atoms with E-state index in [4.69, 9.17) is 10.5 Å². The van der Waals surface area contributed by atoms with Gasteiger partial charge in [-0.2, -0.15) is 0 Å². The van der Waals surface area contributed by atoms with E-state index in [1.807, 2.05) is 55.5 Å². The molecule has 1 amide bonds. The molecule has 0 saturated carbocycles. The van der Waals surface area contributed by atoms with Crippen molar-refractivity contribution in [2.45, 2.75) is 25.4 Å². The minimum Gasteiger partial charge on any atom is -0.497 e. The van der Waals surface area contributed by atoms with Gasteiger partial charge < -0.3 is 15.4 Å². The third-order valence-electron chi connectivity index (χ3n) is 4.22. The van der Waals surface area contributed by atoms with Gasteiger partial charge in [0.1, 0.15) is 5.75 Å². The summed E-state index contributed by atoms with van der Waals surface area (Å²) in [6.45, 7) is 2.02. The lowest BCUT2D eigenvalue weighted by molar-refractivity contribution is -0.120. The van der Waals surface area contributed by atoms with Gasteiger partial charge in [-0.3, -0.25) is 4.79 Å². The highest BCUT2D eigenvalue weighted by molar-refractivity contribution is 6.01. The maximum Gasteiger partial charge on any atom is 0.244 e. The van der Waals surface area contributed by atoms with Gasteiger partial charge in [0.2, 0.25) is 5.91 Å². The van der Waals surface area contributed by atoms with Crippen LogP contribution in [0.15, 0.2) is 48.5 Å². The number of ether oxygens (including phenoxy) is 1. The van der Waals surface area contributed by atoms with Gasteiger partial charge in [-0.15, -0.1) is 0 Å². The van der Waals surface area contributed by atoms with E-state index in [-0.39, 0.29) is 11.9 Å². The maximum atomic E-state index is 12.7. The van der Waals surface area contributed by atoms with Crippen LogP contribution in [0.25, 0.3) is 0 Å². The van der Waals surface area contributed by atoms with Crippen molar-refractivity contribution in [3.05, 3.63) is 59.7 Å². The van der Waals surface area contributed by atoms with E-state index < -0.39 is 6.04 Å². The van der Waals surface area contributed by atoms with Crippen LogP contribution in [0.3, 0.4) is 0 Å². The summed E-state index contributed by atoms with van der Waals surface area (Å²) in [5, 5.41) is 0. The Bertz CT molecular complexity index is 685. The molecule has 1 heterocycles. The molecule has 3 rings (SSSR count). The smallest absolute Gasteiger partial charge is 0.244 e. The van der Waals surface area contributed by atoms with Crippen LogP contribution < -0.4 is 15.4 Å². The first-order valence-corrected chi connectivity index (χ1v) is 7.42. The van der Waals surface area contributed by atoms with Crippen LogP contribution in [0.4, 0.5) is 5.69 Å². The molecule has 0 unspecified atom stereocenters. The van der Waals surface area contributed by atoms with Gasteiger partial charge in [0.25, 0.3) is 0 Å². The van der Waals surface area contributed by atoms with Gasteiger partial charge in [-0.25, -0.2) is 0 Å². The molecule has 1 aliphatic heterocycles. The van der Waals surface area contributed by atoms with Crippen molar-refractivity contribution in [3.63, 3.8) is 0 Å². The van der Waals surface area contributed by atoms with Crippen molar-refractivity contribution >= 4 is 11.6 Å². The number of nitrogens with two attached hydrogens (primary N) is 1. The summed E-state index contributed by atoms with van der Waals surface area (Å²) in [5.41, 5.74) is 9.10. The van der Waals surface area contributed by atoms with Gasteiger partial charge in [0, 0.05) is 6.07 Å². The third kappa shape index (κ3) is 2.46. The Kier molecular flexibility index (Phi) is 3.86. The van der Waals surface area contributed by atoms with Crippen LogP contribution in [0.5, 0.6) is 5.75 Å². The predicted molar refractivity (Wildman–Crippen MR) is 87.0 cm³/mol. The fourth-order valence-corrected chi connectivity index (χ4v) is 2.97. The van der Waals surface area contributed by atoms with Crippen LogP contribution in [0, 0.1) is 0 Å². The summed E-state index contributed by atoms with van der Waals surface area (Å²) in [4.78, 5) is 14.5. The summed E-state index contributed by atoms with van der Waals surface area (Å²) in [5.74, 6) is 0.699. The summed E-state index contributed by atoms with van der Waals surface area (Å²) in [7, 11) is 1.63. The monoisotopic (exact) mass is 296 g/mol. The molecule has 114 valence electrons. The Balaban J connectivity index is 2.08. The largest absolute Gasteiger partial charge is 0.497 e. The Labute approximate surface area is 130 Å². The molecule has 2 N–H and O–H groups in total. The first kappa shape index (κ1) is 14.6. The topological polar surface area (TPSA) is 55.6 Å². The molecule has 2 atom stereocenters. The normalized spacial score (nSPS) is 18.8. The van der Waals surface area contributed by atoms with Crippen LogP contribution in [0.2, 0.25) is 0 Å². The van der Waals surface area contributed by atoms with Crippen LogP contribution >= 0.6 is 0 Å². The average Bonchev–Trinajstić information content (AvgIpc) is 2.56. The van der Waals surface area contributed by atoms with Gasteiger partial charge in [0.15, 0.2) is 0 Å². The van der Waals surface area contributed by atoms with Crippen molar-refractivity contribution < 1.29 is 9.53 Å². The number of benzene rings is 2. The molecule has 1 aliphatic rings. The second kappa shape index (κ2) is 5.81. The van der Waals surface area contributed by atoms with Crippen molar-refractivity contribution in [1.29, 1.82) is 0 Å². The number of anilines is 1. The Morgan fingerprint density at radius 1 is 1.23 bits per heavy atom.